The van der Waals surface area contributed by atoms with E-state index in [0.29, 0.717) is 21.2 Å². The molecule has 0 aromatic heterocycles. The second kappa shape index (κ2) is 20.6. The minimum Gasteiger partial charge on any atom is -0.857 e. The molecule has 0 aliphatic carbocycles. The zero-order chi connectivity index (χ0) is 28.7. The Morgan fingerprint density at radius 3 is 1.14 bits per heavy atom. The number of hydrogen-bond donors (Lipinski definition) is 0. The van der Waals surface area contributed by atoms with Crippen molar-refractivity contribution in [2.45, 2.75) is 0 Å². The Morgan fingerprint density at radius 1 is 0.558 bits per heavy atom. The second-order valence-electron chi connectivity index (χ2n) is 7.86. The molecule has 43 heavy (non-hydrogen) atoms. The van der Waals surface area contributed by atoms with Gasteiger partial charge in [0.2, 0.25) is 0 Å². The summed E-state index contributed by atoms with van der Waals surface area (Å²) in [5.74, 6) is 0.700. The van der Waals surface area contributed by atoms with E-state index in [2.05, 4.69) is 20.4 Å². The van der Waals surface area contributed by atoms with Gasteiger partial charge in [0.25, 0.3) is 0 Å². The van der Waals surface area contributed by atoms with Crippen LogP contribution in [0.2, 0.25) is 10.0 Å². The van der Waals surface area contributed by atoms with Crippen LogP contribution in [0.15, 0.2) is 117 Å². The van der Waals surface area contributed by atoms with Crippen LogP contribution >= 0.6 is 23.2 Å². The molecule has 0 saturated heterocycles. The van der Waals surface area contributed by atoms with E-state index in [0.717, 1.165) is 22.6 Å². The first-order chi connectivity index (χ1) is 19.4. The van der Waals surface area contributed by atoms with Gasteiger partial charge in [0.15, 0.2) is 0 Å². The molecular formula is C30H28Cl2CoN4O6. The molecule has 0 spiro atoms. The number of ether oxygens (including phenoxy) is 2. The zero-order valence-electron chi connectivity index (χ0n) is 22.9. The molecule has 10 nitrogen and oxygen atoms in total. The quantitative estimate of drug-likeness (QED) is 0.159. The Balaban J connectivity index is 0.000000767. The molecule has 0 heterocycles. The molecule has 0 bridgehead atoms. The molecule has 0 saturated carbocycles. The molecular weight excluding hydrogens is 642 g/mol. The van der Waals surface area contributed by atoms with Gasteiger partial charge in [0.05, 0.1) is 26.6 Å². The molecule has 0 atom stereocenters. The van der Waals surface area contributed by atoms with E-state index in [1.807, 2.05) is 48.5 Å². The largest absolute Gasteiger partial charge is 2.00 e. The van der Waals surface area contributed by atoms with E-state index in [4.69, 9.17) is 32.7 Å². The van der Waals surface area contributed by atoms with Gasteiger partial charge in [-0.15, -0.1) is 0 Å². The van der Waals surface area contributed by atoms with E-state index in [1.165, 1.54) is 12.4 Å². The second-order valence-corrected chi connectivity index (χ2v) is 8.73. The van der Waals surface area contributed by atoms with E-state index in [-0.39, 0.29) is 27.7 Å². The van der Waals surface area contributed by atoms with Crippen molar-refractivity contribution in [3.8, 4) is 11.5 Å². The molecule has 0 aliphatic heterocycles. The van der Waals surface area contributed by atoms with Gasteiger partial charge < -0.3 is 30.6 Å². The average Bonchev–Trinajstić information content (AvgIpc) is 2.99. The predicted octanol–water partition coefficient (Wildman–Crippen LogP) is 3.33. The topological polar surface area (TPSA) is 177 Å². The number of rotatable bonds is 8. The van der Waals surface area contributed by atoms with Crippen LogP contribution in [0.1, 0.15) is 22.3 Å². The van der Waals surface area contributed by atoms with Gasteiger partial charge in [-0.1, -0.05) is 47.5 Å². The van der Waals surface area contributed by atoms with Gasteiger partial charge in [-0.25, -0.2) is 0 Å². The summed E-state index contributed by atoms with van der Waals surface area (Å²) in [5.41, 5.74) is 2.56. The Morgan fingerprint density at radius 2 is 0.860 bits per heavy atom. The van der Waals surface area contributed by atoms with Gasteiger partial charge in [-0.3, -0.25) is 0 Å². The van der Waals surface area contributed by atoms with Crippen LogP contribution < -0.4 is 19.7 Å². The van der Waals surface area contributed by atoms with Crippen LogP contribution in [0.25, 0.3) is 0 Å². The van der Waals surface area contributed by atoms with Crippen LogP contribution in [-0.4, -0.2) is 49.4 Å². The van der Waals surface area contributed by atoms with Crippen molar-refractivity contribution in [2.75, 3.05) is 14.2 Å². The predicted molar refractivity (Wildman–Crippen MR) is 164 cm³/mol. The molecule has 1 radical (unpaired) electrons. The van der Waals surface area contributed by atoms with Crippen LogP contribution in [0.3, 0.4) is 0 Å². The van der Waals surface area contributed by atoms with E-state index in [9.17, 15) is 10.2 Å². The number of halogens is 2. The maximum absolute atomic E-state index is 11.7. The third kappa shape index (κ3) is 13.5. The van der Waals surface area contributed by atoms with Crippen molar-refractivity contribution in [2.24, 2.45) is 20.4 Å². The molecule has 227 valence electrons. The van der Waals surface area contributed by atoms with Crippen LogP contribution in [0, 0.1) is 0 Å². The number of methoxy groups -OCH3 is 2. The van der Waals surface area contributed by atoms with Crippen LogP contribution in [0.4, 0.5) is 0 Å². The standard InChI is InChI=1S/2C15H13ClN2O2.Co.2H2O/c2*1-20-14-8-2-11(3-9-14)10-17-18-15(19)12-4-6-13(16)7-5-12;;;/h2*2-10H,1H3,(H,18,19);;2*1H2/q;;+2;;/p-2/b2*17-10-;;;. The molecule has 4 rings (SSSR count). The Labute approximate surface area is 269 Å². The maximum Gasteiger partial charge on any atom is 2.00 e. The zero-order valence-corrected chi connectivity index (χ0v) is 25.5. The van der Waals surface area contributed by atoms with Gasteiger partial charge >= 0.3 is 16.8 Å². The summed E-state index contributed by atoms with van der Waals surface area (Å²) in [6.07, 6.45) is 3.01. The number of nitrogens with zero attached hydrogens (tertiary/aromatic N) is 4. The van der Waals surface area contributed by atoms with Gasteiger partial charge in [0, 0.05) is 21.8 Å². The van der Waals surface area contributed by atoms with Crippen molar-refractivity contribution in [3.63, 3.8) is 0 Å². The third-order valence-electron chi connectivity index (χ3n) is 5.12. The van der Waals surface area contributed by atoms with Crippen LogP contribution in [0.5, 0.6) is 11.5 Å². The van der Waals surface area contributed by atoms with Gasteiger partial charge in [-0.05, 0) is 95.1 Å². The number of hydrogen-bond acceptors (Lipinski definition) is 8. The average molecular weight is 670 g/mol. The third-order valence-corrected chi connectivity index (χ3v) is 5.63. The van der Waals surface area contributed by atoms with E-state index >= 15 is 0 Å². The molecule has 0 aliphatic rings. The maximum atomic E-state index is 11.7. The van der Waals surface area contributed by atoms with Crippen LogP contribution in [-0.2, 0) is 16.8 Å². The first-order valence-electron chi connectivity index (χ1n) is 11.7. The summed E-state index contributed by atoms with van der Waals surface area (Å²) in [5, 5.41) is 39.3. The number of benzene rings is 4. The summed E-state index contributed by atoms with van der Waals surface area (Å²) in [4.78, 5) is 0. The van der Waals surface area contributed by atoms with Crippen molar-refractivity contribution < 1.29 is 47.4 Å². The molecule has 4 N–H and O–H groups in total. The Kier molecular flexibility index (Phi) is 18.6. The summed E-state index contributed by atoms with van der Waals surface area (Å²) in [6, 6.07) is 27.5. The molecule has 13 heteroatoms. The molecule has 4 aromatic carbocycles. The SMILES string of the molecule is COc1ccc(/C=N\N=C(/[O-])c2ccc(Cl)cc2)cc1.COc1ccc(/C=N\N=C(/[O-])c2ccc(Cl)cc2)cc1.O.O.[Co+2]. The van der Waals surface area contributed by atoms with Crippen molar-refractivity contribution in [1.82, 2.24) is 0 Å². The molecule has 0 fully saturated rings. The summed E-state index contributed by atoms with van der Waals surface area (Å²) >= 11 is 11.5. The van der Waals surface area contributed by atoms with E-state index < -0.39 is 11.8 Å². The first-order valence-corrected chi connectivity index (χ1v) is 12.5. The fourth-order valence-electron chi connectivity index (χ4n) is 2.98. The van der Waals surface area contributed by atoms with E-state index in [1.54, 1.807) is 62.8 Å². The Hall–Kier alpha value is -4.23. The minimum atomic E-state index is -0.411. The summed E-state index contributed by atoms with van der Waals surface area (Å²) in [7, 11) is 3.20. The fourth-order valence-corrected chi connectivity index (χ4v) is 3.23. The Bertz CT molecular complexity index is 1370. The molecule has 4 aromatic rings. The normalized spacial score (nSPS) is 11.0. The summed E-state index contributed by atoms with van der Waals surface area (Å²) in [6.45, 7) is 0. The smallest absolute Gasteiger partial charge is 0.857 e. The van der Waals surface area contributed by atoms with Crippen molar-refractivity contribution in [3.05, 3.63) is 129 Å². The minimum absolute atomic E-state index is 0. The van der Waals surface area contributed by atoms with Gasteiger partial charge in [-0.2, -0.15) is 20.4 Å². The van der Waals surface area contributed by atoms with Gasteiger partial charge in [0.1, 0.15) is 11.5 Å². The molecule has 0 unspecified atom stereocenters. The molecule has 0 amide bonds. The first kappa shape index (κ1) is 38.8. The fraction of sp³-hybridized carbons (Fsp3) is 0.0667. The monoisotopic (exact) mass is 669 g/mol. The van der Waals surface area contributed by atoms with Crippen molar-refractivity contribution in [1.29, 1.82) is 0 Å². The van der Waals surface area contributed by atoms with Crippen molar-refractivity contribution >= 4 is 47.4 Å². The summed E-state index contributed by atoms with van der Waals surface area (Å²) < 4.78 is 10.1.